The molecule has 7 N–H and O–H groups in total. The van der Waals surface area contributed by atoms with Crippen LogP contribution in [0.3, 0.4) is 0 Å². The Morgan fingerprint density at radius 2 is 1.73 bits per heavy atom. The van der Waals surface area contributed by atoms with E-state index in [1.54, 1.807) is 0 Å². The van der Waals surface area contributed by atoms with Gasteiger partial charge in [-0.05, 0) is 64.8 Å². The Labute approximate surface area is 234 Å². The van der Waals surface area contributed by atoms with E-state index in [1.807, 2.05) is 0 Å². The average molecular weight is 566 g/mol. The van der Waals surface area contributed by atoms with Crippen molar-refractivity contribution in [1.29, 1.82) is 0 Å². The summed E-state index contributed by atoms with van der Waals surface area (Å²) in [6.45, 7) is 3.59. The molecule has 4 atom stereocenters. The number of nitrogens with two attached hydrogens (primary N) is 1. The van der Waals surface area contributed by atoms with Crippen molar-refractivity contribution >= 4 is 41.2 Å². The van der Waals surface area contributed by atoms with Crippen LogP contribution in [-0.2, 0) is 33.6 Å². The van der Waals surface area contributed by atoms with Gasteiger partial charge in [0.25, 0.3) is 0 Å². The van der Waals surface area contributed by atoms with E-state index in [0.29, 0.717) is 51.6 Å². The number of Topliss-reactive ketones (excluding diaryl/α,β-unsaturated/α-hetero) is 1. The minimum Gasteiger partial charge on any atom is -0.355 e. The van der Waals surface area contributed by atoms with Crippen LogP contribution in [0.15, 0.2) is 0 Å². The van der Waals surface area contributed by atoms with Gasteiger partial charge in [0, 0.05) is 26.4 Å². The molecule has 2 fully saturated rings. The first kappa shape index (κ1) is 32.7. The molecule has 0 aromatic rings. The van der Waals surface area contributed by atoms with Gasteiger partial charge in [-0.15, -0.1) is 0 Å². The van der Waals surface area contributed by atoms with Gasteiger partial charge in [0.15, 0.2) is 5.78 Å². The first-order chi connectivity index (χ1) is 19.0. The van der Waals surface area contributed by atoms with E-state index in [1.165, 1.54) is 18.7 Å². The molecule has 2 saturated heterocycles. The topological polar surface area (TPSA) is 209 Å². The first-order valence-corrected chi connectivity index (χ1v) is 14.0. The summed E-state index contributed by atoms with van der Waals surface area (Å²) in [6, 6.07) is -3.72. The highest BCUT2D eigenvalue weighted by molar-refractivity contribution is 5.96. The Balaban J connectivity index is 2.22. The number of carbonyl (C=O) groups excluding carboxylic acids is 7. The molecule has 224 valence electrons. The number of nitrogens with one attached hydrogen (secondary N) is 5. The smallest absolute Gasteiger partial charge is 0.243 e. The van der Waals surface area contributed by atoms with Gasteiger partial charge in [-0.25, -0.2) is 0 Å². The van der Waals surface area contributed by atoms with E-state index in [9.17, 15) is 33.6 Å². The fourth-order valence-corrected chi connectivity index (χ4v) is 4.78. The monoisotopic (exact) mass is 565 g/mol. The van der Waals surface area contributed by atoms with Crippen LogP contribution >= 0.6 is 0 Å². The van der Waals surface area contributed by atoms with Crippen LogP contribution in [0.5, 0.6) is 0 Å². The second-order valence-corrected chi connectivity index (χ2v) is 10.3. The summed E-state index contributed by atoms with van der Waals surface area (Å²) in [5.74, 6) is -3.14. The normalized spacial score (nSPS) is 23.6. The maximum atomic E-state index is 13.4. The third-order valence-electron chi connectivity index (χ3n) is 7.08. The number of ketones is 1. The molecule has 0 aliphatic carbocycles. The number of nitrogens with zero attached hydrogens (tertiary/aromatic N) is 1. The average Bonchev–Trinajstić information content (AvgIpc) is 3.41. The number of amides is 6. The van der Waals surface area contributed by atoms with Crippen LogP contribution in [0.2, 0.25) is 0 Å². The number of hydrogen-bond acceptors (Lipinski definition) is 8. The summed E-state index contributed by atoms with van der Waals surface area (Å²) >= 11 is 0. The SMILES string of the molecule is CC(=O)[C@H](CCCCN)NC(=O)C1CCC(=O)NCC(=O)NCCC[C@H](NC(=O)[C@@H]2CCCN2C(C)=O)C(=O)N1. The number of hydrogen-bond donors (Lipinski definition) is 6. The third kappa shape index (κ3) is 10.5. The Hall–Kier alpha value is -3.55. The van der Waals surface area contributed by atoms with Crippen LogP contribution in [0, 0.1) is 0 Å². The molecule has 2 aliphatic heterocycles. The van der Waals surface area contributed by atoms with Gasteiger partial charge in [-0.3, -0.25) is 33.6 Å². The Morgan fingerprint density at radius 1 is 0.975 bits per heavy atom. The highest BCUT2D eigenvalue weighted by atomic mass is 16.2. The zero-order valence-electron chi connectivity index (χ0n) is 23.4. The molecule has 1 unspecified atom stereocenters. The van der Waals surface area contributed by atoms with Crippen LogP contribution in [0.25, 0.3) is 0 Å². The van der Waals surface area contributed by atoms with Crippen LogP contribution < -0.4 is 32.3 Å². The summed E-state index contributed by atoms with van der Waals surface area (Å²) in [4.78, 5) is 89.6. The van der Waals surface area contributed by atoms with Crippen molar-refractivity contribution in [3.8, 4) is 0 Å². The molecule has 40 heavy (non-hydrogen) atoms. The van der Waals surface area contributed by atoms with Gasteiger partial charge in [-0.1, -0.05) is 0 Å². The lowest BCUT2D eigenvalue weighted by Crippen LogP contribution is -2.57. The van der Waals surface area contributed by atoms with Crippen molar-refractivity contribution in [3.05, 3.63) is 0 Å². The molecule has 0 saturated carbocycles. The zero-order valence-corrected chi connectivity index (χ0v) is 23.4. The Bertz CT molecular complexity index is 958. The molecular formula is C26H43N7O7. The fraction of sp³-hybridized carbons (Fsp3) is 0.731. The largest absolute Gasteiger partial charge is 0.355 e. The Morgan fingerprint density at radius 3 is 2.40 bits per heavy atom. The van der Waals surface area contributed by atoms with Crippen molar-refractivity contribution in [3.63, 3.8) is 0 Å². The lowest BCUT2D eigenvalue weighted by molar-refractivity contribution is -0.138. The molecule has 14 heteroatoms. The van der Waals surface area contributed by atoms with Crippen LogP contribution in [0.4, 0.5) is 0 Å². The molecule has 14 nitrogen and oxygen atoms in total. The summed E-state index contributed by atoms with van der Waals surface area (Å²) in [7, 11) is 0. The fourth-order valence-electron chi connectivity index (χ4n) is 4.78. The maximum absolute atomic E-state index is 13.4. The molecule has 0 aromatic heterocycles. The van der Waals surface area contributed by atoms with Crippen LogP contribution in [0.1, 0.15) is 71.6 Å². The van der Waals surface area contributed by atoms with E-state index in [4.69, 9.17) is 5.73 Å². The number of likely N-dealkylation sites (tertiary alicyclic amines) is 1. The predicted molar refractivity (Wildman–Crippen MR) is 144 cm³/mol. The number of rotatable bonds is 9. The lowest BCUT2D eigenvalue weighted by Gasteiger charge is -2.27. The van der Waals surface area contributed by atoms with E-state index >= 15 is 0 Å². The van der Waals surface area contributed by atoms with Gasteiger partial charge < -0.3 is 37.2 Å². The van der Waals surface area contributed by atoms with Gasteiger partial charge in [0.05, 0.1) is 12.6 Å². The van der Waals surface area contributed by atoms with Crippen molar-refractivity contribution in [2.75, 3.05) is 26.2 Å². The third-order valence-corrected chi connectivity index (χ3v) is 7.08. The van der Waals surface area contributed by atoms with Crippen molar-refractivity contribution < 1.29 is 33.6 Å². The van der Waals surface area contributed by atoms with Crippen molar-refractivity contribution in [2.45, 2.75) is 95.8 Å². The molecular weight excluding hydrogens is 522 g/mol. The minimum atomic E-state index is -1.18. The second kappa shape index (κ2) is 16.5. The van der Waals surface area contributed by atoms with Gasteiger partial charge >= 0.3 is 0 Å². The highest BCUT2D eigenvalue weighted by Gasteiger charge is 2.35. The van der Waals surface area contributed by atoms with Gasteiger partial charge in [0.2, 0.25) is 35.4 Å². The molecule has 0 bridgehead atoms. The van der Waals surface area contributed by atoms with Gasteiger partial charge in [0.1, 0.15) is 18.1 Å². The number of carbonyl (C=O) groups is 7. The highest BCUT2D eigenvalue weighted by Crippen LogP contribution is 2.18. The molecule has 2 aliphatic rings. The first-order valence-electron chi connectivity index (χ1n) is 14.0. The molecule has 6 amide bonds. The maximum Gasteiger partial charge on any atom is 0.243 e. The molecule has 0 spiro atoms. The molecule has 0 aromatic carbocycles. The van der Waals surface area contributed by atoms with Crippen molar-refractivity contribution in [2.24, 2.45) is 5.73 Å². The standard InChI is InChI=1S/C26H43N7O7/c1-16(34)18(7-3-4-12-27)30-25(39)20-10-11-22(36)29-15-23(37)28-13-5-8-19(24(38)31-20)32-26(40)21-9-6-14-33(21)17(2)35/h18-21H,3-15,27H2,1-2H3,(H,28,37)(H,29,36)(H,30,39)(H,31,38)(H,32,40)/t18-,19-,20?,21-/m0/s1. The second-order valence-electron chi connectivity index (χ2n) is 10.3. The summed E-state index contributed by atoms with van der Waals surface area (Å²) in [5, 5.41) is 13.2. The van der Waals surface area contributed by atoms with E-state index in [0.717, 1.165) is 0 Å². The van der Waals surface area contributed by atoms with Crippen LogP contribution in [-0.4, -0.2) is 96.5 Å². The molecule has 2 heterocycles. The lowest BCUT2D eigenvalue weighted by atomic mass is 10.0. The predicted octanol–water partition coefficient (Wildman–Crippen LogP) is -2.02. The molecule has 0 radical (unpaired) electrons. The molecule has 2 rings (SSSR count). The quantitative estimate of drug-likeness (QED) is 0.171. The van der Waals surface area contributed by atoms with Crippen molar-refractivity contribution in [1.82, 2.24) is 31.5 Å². The number of unbranched alkanes of at least 4 members (excludes halogenated alkanes) is 1. The minimum absolute atomic E-state index is 0.0974. The van der Waals surface area contributed by atoms with E-state index < -0.39 is 53.7 Å². The van der Waals surface area contributed by atoms with E-state index in [2.05, 4.69) is 26.6 Å². The van der Waals surface area contributed by atoms with E-state index in [-0.39, 0.29) is 44.0 Å². The van der Waals surface area contributed by atoms with Gasteiger partial charge in [-0.2, -0.15) is 0 Å². The summed E-state index contributed by atoms with van der Waals surface area (Å²) in [6.07, 6.45) is 3.01. The summed E-state index contributed by atoms with van der Waals surface area (Å²) < 4.78 is 0. The summed E-state index contributed by atoms with van der Waals surface area (Å²) in [5.41, 5.74) is 5.53. The zero-order chi connectivity index (χ0) is 29.7. The Kier molecular flexibility index (Phi) is 13.5.